The van der Waals surface area contributed by atoms with Crippen molar-refractivity contribution < 1.29 is 4.42 Å². The molecule has 0 amide bonds. The molecule has 24 heavy (non-hydrogen) atoms. The van der Waals surface area contributed by atoms with Crippen LogP contribution in [0.25, 0.3) is 0 Å². The van der Waals surface area contributed by atoms with E-state index in [9.17, 15) is 0 Å². The molecule has 1 aromatic carbocycles. The van der Waals surface area contributed by atoms with E-state index in [1.54, 1.807) is 12.5 Å². The Bertz CT molecular complexity index is 836. The van der Waals surface area contributed by atoms with E-state index in [-0.39, 0.29) is 12.1 Å². The Morgan fingerprint density at radius 2 is 1.92 bits per heavy atom. The van der Waals surface area contributed by atoms with Crippen molar-refractivity contribution in [2.75, 3.05) is 4.90 Å². The van der Waals surface area contributed by atoms with Crippen molar-refractivity contribution in [2.24, 2.45) is 0 Å². The van der Waals surface area contributed by atoms with Crippen molar-refractivity contribution in [2.45, 2.75) is 12.1 Å². The van der Waals surface area contributed by atoms with Crippen LogP contribution in [0.4, 0.5) is 5.69 Å². The minimum Gasteiger partial charge on any atom is -0.467 e. The van der Waals surface area contributed by atoms with Crippen LogP contribution in [-0.2, 0) is 0 Å². The van der Waals surface area contributed by atoms with E-state index in [0.717, 1.165) is 17.1 Å². The summed E-state index contributed by atoms with van der Waals surface area (Å²) in [5.41, 5.74) is 1.87. The Labute approximate surface area is 150 Å². The maximum atomic E-state index is 6.02. The third-order valence-electron chi connectivity index (χ3n) is 4.04. The Morgan fingerprint density at radius 3 is 2.58 bits per heavy atom. The van der Waals surface area contributed by atoms with Crippen LogP contribution in [-0.4, -0.2) is 10.1 Å². The molecule has 1 aliphatic rings. The summed E-state index contributed by atoms with van der Waals surface area (Å²) in [7, 11) is 0. The Balaban J connectivity index is 1.80. The van der Waals surface area contributed by atoms with Crippen molar-refractivity contribution in [3.8, 4) is 0 Å². The van der Waals surface area contributed by atoms with Crippen LogP contribution in [0.15, 0.2) is 71.5 Å². The summed E-state index contributed by atoms with van der Waals surface area (Å²) >= 11 is 11.6. The molecule has 1 saturated heterocycles. The second kappa shape index (κ2) is 6.26. The monoisotopic (exact) mass is 355 g/mol. The molecule has 0 bridgehead atoms. The number of hydrogen-bond acceptors (Lipinski definition) is 3. The number of benzene rings is 1. The molecule has 3 heterocycles. The third kappa shape index (κ3) is 2.66. The van der Waals surface area contributed by atoms with Crippen LogP contribution in [0.3, 0.4) is 0 Å². The number of furan rings is 1. The fourth-order valence-electron chi connectivity index (χ4n) is 2.98. The van der Waals surface area contributed by atoms with Gasteiger partial charge in [-0.25, -0.2) is 0 Å². The van der Waals surface area contributed by atoms with Gasteiger partial charge < -0.3 is 14.6 Å². The molecular weight excluding hydrogens is 342 g/mol. The fraction of sp³-hybridized carbons (Fsp3) is 0.111. The average molecular weight is 356 g/mol. The van der Waals surface area contributed by atoms with Crippen LogP contribution >= 0.6 is 23.8 Å². The maximum absolute atomic E-state index is 6.02. The van der Waals surface area contributed by atoms with Gasteiger partial charge in [0.15, 0.2) is 5.11 Å². The Hall–Kier alpha value is -2.37. The van der Waals surface area contributed by atoms with Crippen LogP contribution in [0.2, 0.25) is 5.02 Å². The number of halogens is 1. The second-order valence-electron chi connectivity index (χ2n) is 5.49. The van der Waals surface area contributed by atoms with Gasteiger partial charge in [0.25, 0.3) is 0 Å². The predicted octanol–water partition coefficient (Wildman–Crippen LogP) is 4.51. The Morgan fingerprint density at radius 1 is 1.08 bits per heavy atom. The molecular formula is C18H14ClN3OS. The summed E-state index contributed by atoms with van der Waals surface area (Å²) in [5.74, 6) is 0.827. The highest BCUT2D eigenvalue weighted by molar-refractivity contribution is 7.80. The summed E-state index contributed by atoms with van der Waals surface area (Å²) < 4.78 is 5.70. The standard InChI is InChI=1S/C18H14ClN3OS/c19-12-6-8-13(9-7-12)22-17(15-5-3-11-23-15)16(21-18(22)24)14-4-1-2-10-20-14/h1-11,16-17H,(H,21,24)/t16-,17-/m1/s1. The van der Waals surface area contributed by atoms with E-state index in [0.29, 0.717) is 10.1 Å². The van der Waals surface area contributed by atoms with Gasteiger partial charge in [0.05, 0.1) is 18.0 Å². The van der Waals surface area contributed by atoms with Gasteiger partial charge in [-0.15, -0.1) is 0 Å². The van der Waals surface area contributed by atoms with E-state index >= 15 is 0 Å². The number of nitrogens with one attached hydrogen (secondary N) is 1. The molecule has 0 spiro atoms. The van der Waals surface area contributed by atoms with Crippen LogP contribution in [0, 0.1) is 0 Å². The molecule has 2 aromatic heterocycles. The highest BCUT2D eigenvalue weighted by atomic mass is 35.5. The molecule has 1 N–H and O–H groups in total. The molecule has 0 unspecified atom stereocenters. The third-order valence-corrected chi connectivity index (χ3v) is 4.60. The average Bonchev–Trinajstić information content (AvgIpc) is 3.24. The lowest BCUT2D eigenvalue weighted by Crippen LogP contribution is -2.29. The number of nitrogens with zero attached hydrogens (tertiary/aromatic N) is 2. The smallest absolute Gasteiger partial charge is 0.174 e. The highest BCUT2D eigenvalue weighted by Crippen LogP contribution is 2.41. The molecule has 1 fully saturated rings. The highest BCUT2D eigenvalue weighted by Gasteiger charge is 2.42. The molecule has 1 aliphatic heterocycles. The normalized spacial score (nSPS) is 20.2. The number of aromatic nitrogens is 1. The van der Waals surface area contributed by atoms with E-state index < -0.39 is 0 Å². The zero-order valence-electron chi connectivity index (χ0n) is 12.6. The zero-order chi connectivity index (χ0) is 16.5. The first kappa shape index (κ1) is 15.2. The van der Waals surface area contributed by atoms with Crippen molar-refractivity contribution in [3.63, 3.8) is 0 Å². The Kier molecular flexibility index (Phi) is 3.96. The first-order valence-corrected chi connectivity index (χ1v) is 8.32. The summed E-state index contributed by atoms with van der Waals surface area (Å²) in [6.45, 7) is 0. The lowest BCUT2D eigenvalue weighted by molar-refractivity contribution is 0.432. The van der Waals surface area contributed by atoms with E-state index in [1.807, 2.05) is 59.5 Å². The first-order chi connectivity index (χ1) is 11.7. The van der Waals surface area contributed by atoms with Gasteiger partial charge in [0.2, 0.25) is 0 Å². The minimum atomic E-state index is -0.122. The number of anilines is 1. The minimum absolute atomic E-state index is 0.0967. The summed E-state index contributed by atoms with van der Waals surface area (Å²) in [6, 6.07) is 17.1. The van der Waals surface area contributed by atoms with Crippen LogP contribution < -0.4 is 10.2 Å². The van der Waals surface area contributed by atoms with Gasteiger partial charge in [-0.1, -0.05) is 17.7 Å². The molecule has 0 radical (unpaired) electrons. The van der Waals surface area contributed by atoms with E-state index in [4.69, 9.17) is 28.2 Å². The largest absolute Gasteiger partial charge is 0.467 e. The molecule has 2 atom stereocenters. The van der Waals surface area contributed by atoms with E-state index in [2.05, 4.69) is 10.3 Å². The molecule has 3 aromatic rings. The molecule has 6 heteroatoms. The van der Waals surface area contributed by atoms with Gasteiger partial charge in [-0.05, 0) is 60.7 Å². The number of hydrogen-bond donors (Lipinski definition) is 1. The zero-order valence-corrected chi connectivity index (χ0v) is 14.2. The summed E-state index contributed by atoms with van der Waals surface area (Å²) in [5, 5.41) is 4.69. The molecule has 0 saturated carbocycles. The SMILES string of the molecule is S=C1N[C@H](c2ccccn2)[C@@H](c2ccco2)N1c1ccc(Cl)cc1. The fourth-order valence-corrected chi connectivity index (χ4v) is 3.46. The quantitative estimate of drug-likeness (QED) is 0.700. The predicted molar refractivity (Wildman–Crippen MR) is 98.1 cm³/mol. The topological polar surface area (TPSA) is 41.3 Å². The van der Waals surface area contributed by atoms with Gasteiger partial charge in [0, 0.05) is 16.9 Å². The molecule has 0 aliphatic carbocycles. The van der Waals surface area contributed by atoms with Gasteiger partial charge in [-0.3, -0.25) is 4.98 Å². The molecule has 4 nitrogen and oxygen atoms in total. The molecule has 120 valence electrons. The number of pyridine rings is 1. The van der Waals surface area contributed by atoms with Gasteiger partial charge >= 0.3 is 0 Å². The number of rotatable bonds is 3. The molecule has 4 rings (SSSR count). The maximum Gasteiger partial charge on any atom is 0.174 e. The summed E-state index contributed by atoms with van der Waals surface area (Å²) in [6.07, 6.45) is 3.45. The van der Waals surface area contributed by atoms with Crippen LogP contribution in [0.1, 0.15) is 23.5 Å². The summed E-state index contributed by atoms with van der Waals surface area (Å²) in [4.78, 5) is 6.53. The number of thiocarbonyl (C=S) groups is 1. The van der Waals surface area contributed by atoms with Crippen molar-refractivity contribution in [1.82, 2.24) is 10.3 Å². The lowest BCUT2D eigenvalue weighted by atomic mass is 10.0. The van der Waals surface area contributed by atoms with Gasteiger partial charge in [-0.2, -0.15) is 0 Å². The van der Waals surface area contributed by atoms with Crippen molar-refractivity contribution in [1.29, 1.82) is 0 Å². The first-order valence-electron chi connectivity index (χ1n) is 7.53. The van der Waals surface area contributed by atoms with E-state index in [1.165, 1.54) is 0 Å². The second-order valence-corrected chi connectivity index (χ2v) is 6.31. The van der Waals surface area contributed by atoms with Gasteiger partial charge in [0.1, 0.15) is 11.8 Å². The van der Waals surface area contributed by atoms with Crippen LogP contribution in [0.5, 0.6) is 0 Å². The lowest BCUT2D eigenvalue weighted by Gasteiger charge is -2.26. The van der Waals surface area contributed by atoms with Crippen molar-refractivity contribution in [3.05, 3.63) is 83.5 Å². The van der Waals surface area contributed by atoms with Crippen molar-refractivity contribution >= 4 is 34.6 Å².